The van der Waals surface area contributed by atoms with E-state index < -0.39 is 60.7 Å². The molecule has 1 fully saturated rings. The van der Waals surface area contributed by atoms with Crippen LogP contribution in [0, 0.1) is 0 Å². The van der Waals surface area contributed by atoms with E-state index in [4.69, 9.17) is 16.2 Å². The third-order valence-electron chi connectivity index (χ3n) is 5.08. The monoisotopic (exact) mass is 412 g/mol. The first-order chi connectivity index (χ1) is 13.6. The molecule has 5 atom stereocenters. The molecule has 0 bridgehead atoms. The minimum atomic E-state index is -2.05. The van der Waals surface area contributed by atoms with E-state index in [1.165, 1.54) is 22.1 Å². The van der Waals surface area contributed by atoms with Crippen LogP contribution in [0.15, 0.2) is 30.2 Å². The Bertz CT molecular complexity index is 821. The molecule has 2 aliphatic heterocycles. The van der Waals surface area contributed by atoms with Gasteiger partial charge in [-0.05, 0) is 12.1 Å². The lowest BCUT2D eigenvalue weighted by atomic mass is 9.97. The average molecular weight is 412 g/mol. The third-order valence-corrected chi connectivity index (χ3v) is 5.08. The van der Waals surface area contributed by atoms with E-state index in [0.717, 1.165) is 12.1 Å². The van der Waals surface area contributed by atoms with Gasteiger partial charge in [-0.25, -0.2) is 0 Å². The summed E-state index contributed by atoms with van der Waals surface area (Å²) < 4.78 is 5.45. The van der Waals surface area contributed by atoms with Gasteiger partial charge in [-0.3, -0.25) is 4.79 Å². The number of phenols is 2. The van der Waals surface area contributed by atoms with Gasteiger partial charge < -0.3 is 56.6 Å². The standard InChI is InChI=1S/C17H24N4O8/c18-12-5-20(7-21(12)16-15(27)14(26)11(6-22)29-16)17(28,4-13(19)25)8-1-2-9(23)10(24)3-8/h1-3,5,11,14-16,22-24,26-28H,4,6-7,18H2,(H2,19,25)/t11-,14-,15-,16-,17?/m1/s1. The molecule has 10 N–H and O–H groups in total. The molecule has 1 saturated heterocycles. The summed E-state index contributed by atoms with van der Waals surface area (Å²) in [5.41, 5.74) is 9.30. The van der Waals surface area contributed by atoms with Crippen molar-refractivity contribution in [3.8, 4) is 11.5 Å². The number of nitrogens with two attached hydrogens (primary N) is 2. The maximum absolute atomic E-state index is 11.6. The Morgan fingerprint density at radius 2 is 1.93 bits per heavy atom. The molecule has 29 heavy (non-hydrogen) atoms. The van der Waals surface area contributed by atoms with E-state index in [1.807, 2.05) is 0 Å². The maximum Gasteiger partial charge on any atom is 0.222 e. The summed E-state index contributed by atoms with van der Waals surface area (Å²) in [7, 11) is 0. The van der Waals surface area contributed by atoms with Crippen molar-refractivity contribution in [2.75, 3.05) is 13.3 Å². The predicted molar refractivity (Wildman–Crippen MR) is 96.1 cm³/mol. The number of hydrogen-bond acceptors (Lipinski definition) is 11. The molecular formula is C17H24N4O8. The highest BCUT2D eigenvalue weighted by Gasteiger charge is 2.49. The lowest BCUT2D eigenvalue weighted by molar-refractivity contribution is -0.146. The second-order valence-electron chi connectivity index (χ2n) is 7.03. The molecule has 1 unspecified atom stereocenters. The number of ether oxygens (including phenoxy) is 1. The quantitative estimate of drug-likeness (QED) is 0.219. The number of amides is 1. The number of nitrogens with zero attached hydrogens (tertiary/aromatic N) is 2. The van der Waals surface area contributed by atoms with Crippen LogP contribution in [0.1, 0.15) is 12.0 Å². The van der Waals surface area contributed by atoms with Crippen molar-refractivity contribution in [2.24, 2.45) is 11.5 Å². The first-order valence-electron chi connectivity index (χ1n) is 8.74. The largest absolute Gasteiger partial charge is 0.504 e. The molecule has 1 aromatic rings. The molecule has 0 aromatic heterocycles. The summed E-state index contributed by atoms with van der Waals surface area (Å²) in [5, 5.41) is 60.0. The lowest BCUT2D eigenvalue weighted by Gasteiger charge is -2.38. The summed E-state index contributed by atoms with van der Waals surface area (Å²) in [6.45, 7) is -0.696. The van der Waals surface area contributed by atoms with Crippen molar-refractivity contribution < 1.29 is 40.2 Å². The number of phenolic OH excluding ortho intramolecular Hbond substituents is 2. The molecule has 2 aliphatic rings. The molecule has 1 amide bonds. The van der Waals surface area contributed by atoms with Crippen molar-refractivity contribution in [1.29, 1.82) is 0 Å². The van der Waals surface area contributed by atoms with Crippen molar-refractivity contribution in [3.05, 3.63) is 35.8 Å². The fraction of sp³-hybridized carbons (Fsp3) is 0.471. The number of benzene rings is 1. The number of carbonyl (C=O) groups excluding carboxylic acids is 1. The topological polar surface area (TPSA) is 206 Å². The Morgan fingerprint density at radius 1 is 1.24 bits per heavy atom. The van der Waals surface area contributed by atoms with Crippen molar-refractivity contribution in [3.63, 3.8) is 0 Å². The van der Waals surface area contributed by atoms with E-state index in [1.54, 1.807) is 0 Å². The van der Waals surface area contributed by atoms with Crippen LogP contribution in [0.3, 0.4) is 0 Å². The van der Waals surface area contributed by atoms with Crippen LogP contribution in [-0.2, 0) is 15.3 Å². The molecule has 0 spiro atoms. The van der Waals surface area contributed by atoms with Gasteiger partial charge in [0.05, 0.1) is 19.7 Å². The van der Waals surface area contributed by atoms with Gasteiger partial charge in [0.25, 0.3) is 0 Å². The van der Waals surface area contributed by atoms with E-state index in [9.17, 15) is 35.4 Å². The van der Waals surface area contributed by atoms with Crippen LogP contribution in [0.5, 0.6) is 11.5 Å². The minimum Gasteiger partial charge on any atom is -0.504 e. The Labute approximate surface area is 165 Å². The van der Waals surface area contributed by atoms with Crippen molar-refractivity contribution >= 4 is 5.91 Å². The van der Waals surface area contributed by atoms with Gasteiger partial charge in [0.15, 0.2) is 23.5 Å². The third kappa shape index (κ3) is 3.63. The summed E-state index contributed by atoms with van der Waals surface area (Å²) in [5.74, 6) is -1.73. The van der Waals surface area contributed by atoms with E-state index in [0.29, 0.717) is 0 Å². The fourth-order valence-electron chi connectivity index (χ4n) is 3.49. The number of carbonyl (C=O) groups is 1. The number of rotatable bonds is 6. The van der Waals surface area contributed by atoms with Crippen molar-refractivity contribution in [1.82, 2.24) is 9.80 Å². The second-order valence-corrected chi connectivity index (χ2v) is 7.03. The molecule has 160 valence electrons. The molecule has 3 rings (SSSR count). The molecule has 0 saturated carbocycles. The molecule has 0 radical (unpaired) electrons. The zero-order chi connectivity index (χ0) is 21.5. The highest BCUT2D eigenvalue weighted by atomic mass is 16.6. The van der Waals surface area contributed by atoms with Gasteiger partial charge in [-0.2, -0.15) is 0 Å². The van der Waals surface area contributed by atoms with Crippen LogP contribution in [0.2, 0.25) is 0 Å². The molecule has 12 nitrogen and oxygen atoms in total. The summed E-state index contributed by atoms with van der Waals surface area (Å²) in [6, 6.07) is 3.53. The number of aliphatic hydroxyl groups excluding tert-OH is 3. The maximum atomic E-state index is 11.6. The Hall–Kier alpha value is -2.77. The van der Waals surface area contributed by atoms with E-state index in [2.05, 4.69) is 0 Å². The predicted octanol–water partition coefficient (Wildman–Crippen LogP) is -3.11. The number of primary amides is 1. The SMILES string of the molecule is NC(=O)CC(O)(c1ccc(O)c(O)c1)N1C=C(N)N([C@@H]2O[C@H](CO)[C@@H](O)[C@H]2O)C1. The number of aromatic hydroxyl groups is 2. The minimum absolute atomic E-state index is 0.0470. The van der Waals surface area contributed by atoms with Gasteiger partial charge in [0.2, 0.25) is 5.91 Å². The van der Waals surface area contributed by atoms with Crippen LogP contribution >= 0.6 is 0 Å². The number of aliphatic hydroxyl groups is 4. The lowest BCUT2D eigenvalue weighted by Crippen LogP contribution is -2.50. The van der Waals surface area contributed by atoms with Gasteiger partial charge in [0, 0.05) is 11.8 Å². The van der Waals surface area contributed by atoms with Crippen LogP contribution in [0.4, 0.5) is 0 Å². The fourth-order valence-corrected chi connectivity index (χ4v) is 3.49. The van der Waals surface area contributed by atoms with Crippen LogP contribution in [0.25, 0.3) is 0 Å². The summed E-state index contributed by atoms with van der Waals surface area (Å²) >= 11 is 0. The Morgan fingerprint density at radius 3 is 2.48 bits per heavy atom. The van der Waals surface area contributed by atoms with E-state index in [-0.39, 0.29) is 18.1 Å². The van der Waals surface area contributed by atoms with Gasteiger partial charge >= 0.3 is 0 Å². The van der Waals surface area contributed by atoms with Gasteiger partial charge in [0.1, 0.15) is 24.1 Å². The van der Waals surface area contributed by atoms with Gasteiger partial charge in [-0.1, -0.05) is 6.07 Å². The van der Waals surface area contributed by atoms with Crippen LogP contribution < -0.4 is 11.5 Å². The average Bonchev–Trinajstić information content (AvgIpc) is 3.17. The molecule has 0 aliphatic carbocycles. The second kappa shape index (κ2) is 7.57. The highest BCUT2D eigenvalue weighted by Crippen LogP contribution is 2.38. The first-order valence-corrected chi connectivity index (χ1v) is 8.74. The zero-order valence-electron chi connectivity index (χ0n) is 15.3. The van der Waals surface area contributed by atoms with E-state index >= 15 is 0 Å². The molecule has 2 heterocycles. The van der Waals surface area contributed by atoms with Crippen molar-refractivity contribution in [2.45, 2.75) is 36.7 Å². The summed E-state index contributed by atoms with van der Waals surface area (Å²) in [6.07, 6.45) is -4.15. The normalized spacial score (nSPS) is 29.0. The smallest absolute Gasteiger partial charge is 0.222 e. The Balaban J connectivity index is 1.91. The molecule has 12 heteroatoms. The van der Waals surface area contributed by atoms with Gasteiger partial charge in [-0.15, -0.1) is 0 Å². The molecule has 1 aromatic carbocycles. The highest BCUT2D eigenvalue weighted by molar-refractivity contribution is 5.75. The first kappa shape index (κ1) is 21.0. The van der Waals surface area contributed by atoms with Crippen LogP contribution in [-0.4, -0.2) is 84.2 Å². The number of hydrogen-bond donors (Lipinski definition) is 8. The molecular weight excluding hydrogens is 388 g/mol. The zero-order valence-corrected chi connectivity index (χ0v) is 15.3. The Kier molecular flexibility index (Phi) is 5.47. The summed E-state index contributed by atoms with van der Waals surface area (Å²) in [4.78, 5) is 14.2.